The Bertz CT molecular complexity index is 961. The third kappa shape index (κ3) is 5.27. The first-order valence-electron chi connectivity index (χ1n) is 9.55. The first-order valence-corrected chi connectivity index (χ1v) is 11.4. The number of benzene rings is 2. The van der Waals surface area contributed by atoms with Gasteiger partial charge in [-0.3, -0.25) is 14.0 Å². The van der Waals surface area contributed by atoms with Gasteiger partial charge in [0, 0.05) is 18.7 Å². The minimum absolute atomic E-state index is 0.0696. The largest absolute Gasteiger partial charge is 0.495 e. The summed E-state index contributed by atoms with van der Waals surface area (Å²) in [6, 6.07) is 10.4. The predicted octanol–water partition coefficient (Wildman–Crippen LogP) is 3.81. The standard InChI is InChI=1S/C21H25FN2O6S/c1-29-19-6-4-3-5-18(19)24(21(26)23-9-11-31(27,28)12-10-23)14-16-8-7-15(13-17(16)22)20(25)30-2/h3-8,13,27-28H,9-12,14H2,1-2H3. The van der Waals surface area contributed by atoms with Crippen molar-refractivity contribution in [3.05, 3.63) is 59.4 Å². The summed E-state index contributed by atoms with van der Waals surface area (Å²) in [6.07, 6.45) is 0. The van der Waals surface area contributed by atoms with E-state index in [1.54, 1.807) is 24.3 Å². The number of ether oxygens (including phenoxy) is 2. The molecule has 0 bridgehead atoms. The van der Waals surface area contributed by atoms with Crippen molar-refractivity contribution in [2.24, 2.45) is 0 Å². The molecule has 1 aliphatic rings. The summed E-state index contributed by atoms with van der Waals surface area (Å²) >= 11 is 0. The topological polar surface area (TPSA) is 99.5 Å². The van der Waals surface area contributed by atoms with E-state index in [1.807, 2.05) is 0 Å². The van der Waals surface area contributed by atoms with Crippen LogP contribution in [0.3, 0.4) is 0 Å². The first-order chi connectivity index (χ1) is 14.8. The number of rotatable bonds is 5. The maximum atomic E-state index is 14.8. The minimum atomic E-state index is -2.67. The van der Waals surface area contributed by atoms with Gasteiger partial charge in [0.15, 0.2) is 0 Å². The Morgan fingerprint density at radius 1 is 1.13 bits per heavy atom. The molecule has 168 valence electrons. The van der Waals surface area contributed by atoms with Crippen molar-refractivity contribution in [3.63, 3.8) is 0 Å². The van der Waals surface area contributed by atoms with Crippen molar-refractivity contribution in [1.29, 1.82) is 0 Å². The van der Waals surface area contributed by atoms with Crippen LogP contribution in [-0.4, -0.2) is 64.8 Å². The van der Waals surface area contributed by atoms with E-state index in [4.69, 9.17) is 4.74 Å². The van der Waals surface area contributed by atoms with Crippen molar-refractivity contribution in [2.75, 3.05) is 43.7 Å². The molecule has 8 nitrogen and oxygen atoms in total. The van der Waals surface area contributed by atoms with Gasteiger partial charge < -0.3 is 14.4 Å². The van der Waals surface area contributed by atoms with Gasteiger partial charge in [-0.2, -0.15) is 10.6 Å². The molecular weight excluding hydrogens is 427 g/mol. The van der Waals surface area contributed by atoms with E-state index in [0.29, 0.717) is 11.4 Å². The zero-order chi connectivity index (χ0) is 22.6. The van der Waals surface area contributed by atoms with E-state index in [1.165, 1.54) is 36.2 Å². The van der Waals surface area contributed by atoms with Crippen molar-refractivity contribution in [3.8, 4) is 5.75 Å². The third-order valence-corrected chi connectivity index (χ3v) is 6.73. The fourth-order valence-corrected chi connectivity index (χ4v) is 4.52. The molecule has 1 aliphatic heterocycles. The molecule has 2 aromatic carbocycles. The van der Waals surface area contributed by atoms with Crippen molar-refractivity contribution in [2.45, 2.75) is 6.54 Å². The molecule has 1 saturated heterocycles. The van der Waals surface area contributed by atoms with Crippen LogP contribution >= 0.6 is 10.6 Å². The van der Waals surface area contributed by atoms with E-state index in [9.17, 15) is 23.1 Å². The number of amides is 2. The number of nitrogens with zero attached hydrogens (tertiary/aromatic N) is 2. The lowest BCUT2D eigenvalue weighted by Crippen LogP contribution is -2.49. The van der Waals surface area contributed by atoms with Gasteiger partial charge in [0.05, 0.1) is 43.5 Å². The van der Waals surface area contributed by atoms with Crippen molar-refractivity contribution < 1.29 is 32.6 Å². The Hall–Kier alpha value is -2.82. The molecule has 3 rings (SSSR count). The highest BCUT2D eigenvalue weighted by atomic mass is 32.3. The summed E-state index contributed by atoms with van der Waals surface area (Å²) in [5, 5.41) is 0. The molecule has 1 fully saturated rings. The SMILES string of the molecule is COC(=O)c1ccc(CN(C(=O)N2CCS(O)(O)CC2)c2ccccc2OC)c(F)c1. The number of hydrogen-bond donors (Lipinski definition) is 2. The minimum Gasteiger partial charge on any atom is -0.495 e. The second-order valence-electron chi connectivity index (χ2n) is 7.04. The van der Waals surface area contributed by atoms with Gasteiger partial charge in [0.25, 0.3) is 0 Å². The Balaban J connectivity index is 1.93. The normalized spacial score (nSPS) is 16.4. The molecule has 0 radical (unpaired) electrons. The lowest BCUT2D eigenvalue weighted by atomic mass is 10.1. The van der Waals surface area contributed by atoms with Crippen LogP contribution in [0.15, 0.2) is 42.5 Å². The Morgan fingerprint density at radius 3 is 2.42 bits per heavy atom. The van der Waals surface area contributed by atoms with Crippen LogP contribution in [0.25, 0.3) is 0 Å². The van der Waals surface area contributed by atoms with Crippen LogP contribution in [0.2, 0.25) is 0 Å². The molecule has 0 aliphatic carbocycles. The fourth-order valence-electron chi connectivity index (χ4n) is 3.29. The molecule has 2 N–H and O–H groups in total. The van der Waals surface area contributed by atoms with E-state index in [2.05, 4.69) is 4.74 Å². The molecule has 10 heteroatoms. The summed E-state index contributed by atoms with van der Waals surface area (Å²) in [6.45, 7) is 0.242. The van der Waals surface area contributed by atoms with Crippen LogP contribution in [0.5, 0.6) is 5.75 Å². The smallest absolute Gasteiger partial charge is 0.337 e. The van der Waals surface area contributed by atoms with Gasteiger partial charge in [-0.25, -0.2) is 14.0 Å². The molecule has 0 unspecified atom stereocenters. The predicted molar refractivity (Wildman–Crippen MR) is 116 cm³/mol. The van der Waals surface area contributed by atoms with Gasteiger partial charge in [0.1, 0.15) is 11.6 Å². The molecule has 31 heavy (non-hydrogen) atoms. The van der Waals surface area contributed by atoms with Crippen LogP contribution in [0.4, 0.5) is 14.9 Å². The third-order valence-electron chi connectivity index (χ3n) is 5.06. The maximum absolute atomic E-state index is 14.8. The molecule has 0 atom stereocenters. The van der Waals surface area contributed by atoms with Crippen molar-refractivity contribution >= 4 is 28.3 Å². The number of halogens is 1. The summed E-state index contributed by atoms with van der Waals surface area (Å²) in [7, 11) is 0.0136. The summed E-state index contributed by atoms with van der Waals surface area (Å²) in [5.74, 6) is -0.677. The van der Waals surface area contributed by atoms with E-state index in [0.717, 1.165) is 6.07 Å². The lowest BCUT2D eigenvalue weighted by molar-refractivity contribution is 0.0600. The van der Waals surface area contributed by atoms with Gasteiger partial charge in [0.2, 0.25) is 0 Å². The first kappa shape index (κ1) is 22.9. The molecule has 2 amide bonds. The maximum Gasteiger partial charge on any atom is 0.337 e. The number of carbonyl (C=O) groups excluding carboxylic acids is 2. The summed E-state index contributed by atoms with van der Waals surface area (Å²) in [4.78, 5) is 27.9. The number of carbonyl (C=O) groups is 2. The van der Waals surface area contributed by atoms with Crippen molar-refractivity contribution in [1.82, 2.24) is 4.90 Å². The van der Waals surface area contributed by atoms with Crippen LogP contribution in [0, 0.1) is 5.82 Å². The van der Waals surface area contributed by atoms with Crippen LogP contribution < -0.4 is 9.64 Å². The number of esters is 1. The Kier molecular flexibility index (Phi) is 7.04. The highest BCUT2D eigenvalue weighted by Crippen LogP contribution is 2.41. The second-order valence-corrected chi connectivity index (χ2v) is 9.46. The lowest BCUT2D eigenvalue weighted by Gasteiger charge is -2.42. The quantitative estimate of drug-likeness (QED) is 0.670. The Morgan fingerprint density at radius 2 is 1.81 bits per heavy atom. The van der Waals surface area contributed by atoms with Crippen LogP contribution in [-0.2, 0) is 11.3 Å². The number of hydrogen-bond acceptors (Lipinski definition) is 6. The molecule has 0 spiro atoms. The molecule has 2 aromatic rings. The zero-order valence-electron chi connectivity index (χ0n) is 17.3. The number of methoxy groups -OCH3 is 2. The monoisotopic (exact) mass is 452 g/mol. The van der Waals surface area contributed by atoms with E-state index >= 15 is 0 Å². The highest BCUT2D eigenvalue weighted by Gasteiger charge is 2.30. The summed E-state index contributed by atoms with van der Waals surface area (Å²) < 4.78 is 44.5. The van der Waals surface area contributed by atoms with E-state index in [-0.39, 0.29) is 42.3 Å². The molecular formula is C21H25FN2O6S. The number of anilines is 1. The molecule has 1 heterocycles. The van der Waals surface area contributed by atoms with Gasteiger partial charge >= 0.3 is 12.0 Å². The fraction of sp³-hybridized carbons (Fsp3) is 0.333. The Labute approximate surface area is 181 Å². The average Bonchev–Trinajstić information content (AvgIpc) is 2.77. The second kappa shape index (κ2) is 9.54. The van der Waals surface area contributed by atoms with Crippen LogP contribution in [0.1, 0.15) is 15.9 Å². The van der Waals surface area contributed by atoms with E-state index < -0.39 is 28.4 Å². The summed E-state index contributed by atoms with van der Waals surface area (Å²) in [5.41, 5.74) is 0.719. The van der Waals surface area contributed by atoms with Gasteiger partial charge in [-0.05, 0) is 24.3 Å². The van der Waals surface area contributed by atoms with Gasteiger partial charge in [-0.1, -0.05) is 18.2 Å². The highest BCUT2D eigenvalue weighted by molar-refractivity contribution is 8.24. The van der Waals surface area contributed by atoms with Gasteiger partial charge in [-0.15, -0.1) is 0 Å². The molecule has 0 aromatic heterocycles. The number of para-hydroxylation sites is 2. The zero-order valence-corrected chi connectivity index (χ0v) is 18.1. The molecule has 0 saturated carbocycles. The number of urea groups is 1. The average molecular weight is 453 g/mol.